The van der Waals surface area contributed by atoms with E-state index in [1.54, 1.807) is 11.3 Å². The number of carbonyl (C=O) groups excluding carboxylic acids is 1. The number of halogens is 1. The fourth-order valence-electron chi connectivity index (χ4n) is 2.24. The minimum Gasteiger partial charge on any atom is -0.480 e. The Hall–Kier alpha value is -1.47. The fraction of sp³-hybridized carbons (Fsp3) is 0.438. The van der Waals surface area contributed by atoms with E-state index in [1.165, 1.54) is 0 Å². The normalized spacial score (nSPS) is 12.5. The van der Waals surface area contributed by atoms with Crippen LogP contribution in [0.5, 0.6) is 0 Å². The summed E-state index contributed by atoms with van der Waals surface area (Å²) in [6, 6.07) is 5.07. The van der Waals surface area contributed by atoms with Gasteiger partial charge in [-0.05, 0) is 30.5 Å². The van der Waals surface area contributed by atoms with Crippen molar-refractivity contribution < 1.29 is 14.7 Å². The van der Waals surface area contributed by atoms with Gasteiger partial charge in [-0.15, -0.1) is 11.3 Å². The van der Waals surface area contributed by atoms with Crippen LogP contribution in [0, 0.1) is 5.92 Å². The van der Waals surface area contributed by atoms with Gasteiger partial charge in [0.2, 0.25) is 5.91 Å². The lowest BCUT2D eigenvalue weighted by atomic mass is 10.0. The summed E-state index contributed by atoms with van der Waals surface area (Å²) in [5.74, 6) is -1.03. The van der Waals surface area contributed by atoms with Crippen molar-refractivity contribution in [3.05, 3.63) is 27.7 Å². The first-order valence-electron chi connectivity index (χ1n) is 7.42. The third kappa shape index (κ3) is 5.28. The number of benzene rings is 1. The van der Waals surface area contributed by atoms with Crippen molar-refractivity contribution in [2.45, 2.75) is 39.2 Å². The van der Waals surface area contributed by atoms with Crippen LogP contribution in [0.1, 0.15) is 31.7 Å². The smallest absolute Gasteiger partial charge is 0.326 e. The highest BCUT2D eigenvalue weighted by Crippen LogP contribution is 2.25. The predicted molar refractivity (Wildman–Crippen MR) is 94.7 cm³/mol. The summed E-state index contributed by atoms with van der Waals surface area (Å²) < 4.78 is 2.05. The van der Waals surface area contributed by atoms with E-state index in [1.807, 2.05) is 32.0 Å². The van der Waals surface area contributed by atoms with Crippen LogP contribution in [0.3, 0.4) is 0 Å². The molecule has 0 saturated heterocycles. The molecule has 0 unspecified atom stereocenters. The summed E-state index contributed by atoms with van der Waals surface area (Å²) in [7, 11) is 0. The molecule has 0 aliphatic heterocycles. The van der Waals surface area contributed by atoms with Gasteiger partial charge < -0.3 is 10.4 Å². The molecule has 1 amide bonds. The van der Waals surface area contributed by atoms with E-state index in [-0.39, 0.29) is 18.2 Å². The van der Waals surface area contributed by atoms with E-state index in [4.69, 9.17) is 5.11 Å². The molecule has 1 aromatic heterocycles. The lowest BCUT2D eigenvalue weighted by Crippen LogP contribution is -2.41. The zero-order chi connectivity index (χ0) is 17.0. The van der Waals surface area contributed by atoms with Crippen LogP contribution >= 0.6 is 27.3 Å². The highest BCUT2D eigenvalue weighted by molar-refractivity contribution is 9.10. The molecule has 0 saturated carbocycles. The Labute approximate surface area is 147 Å². The Morgan fingerprint density at radius 2 is 2.13 bits per heavy atom. The standard InChI is InChI=1S/C16H19BrN2O3S/c1-9(2)7-12(16(21)22)18-14(20)5-6-15-19-11-8-10(17)3-4-13(11)23-15/h3-4,8-9,12H,5-7H2,1-2H3,(H,18,20)(H,21,22)/t12-/m1/s1. The lowest BCUT2D eigenvalue weighted by Gasteiger charge is -2.16. The third-order valence-electron chi connectivity index (χ3n) is 3.30. The summed E-state index contributed by atoms with van der Waals surface area (Å²) in [6.45, 7) is 3.86. The van der Waals surface area contributed by atoms with Crippen molar-refractivity contribution >= 4 is 49.4 Å². The number of carboxylic acid groups (broad SMARTS) is 1. The van der Waals surface area contributed by atoms with Crippen LogP contribution in [0.25, 0.3) is 10.2 Å². The maximum absolute atomic E-state index is 12.0. The maximum Gasteiger partial charge on any atom is 0.326 e. The number of carbonyl (C=O) groups is 2. The minimum absolute atomic E-state index is 0.208. The zero-order valence-electron chi connectivity index (χ0n) is 13.0. The fourth-order valence-corrected chi connectivity index (χ4v) is 3.53. The number of hydrogen-bond acceptors (Lipinski definition) is 4. The zero-order valence-corrected chi connectivity index (χ0v) is 15.4. The molecule has 2 rings (SSSR count). The summed E-state index contributed by atoms with van der Waals surface area (Å²) in [5, 5.41) is 12.6. The Morgan fingerprint density at radius 1 is 1.39 bits per heavy atom. The Kier molecular flexibility index (Phi) is 6.12. The van der Waals surface area contributed by atoms with Gasteiger partial charge >= 0.3 is 5.97 Å². The van der Waals surface area contributed by atoms with Crippen molar-refractivity contribution in [3.63, 3.8) is 0 Å². The number of carboxylic acids is 1. The van der Waals surface area contributed by atoms with Gasteiger partial charge in [-0.3, -0.25) is 4.79 Å². The first-order valence-corrected chi connectivity index (χ1v) is 9.03. The van der Waals surface area contributed by atoms with E-state index in [0.717, 1.165) is 19.7 Å². The number of thiazole rings is 1. The number of nitrogens with one attached hydrogen (secondary N) is 1. The largest absolute Gasteiger partial charge is 0.480 e. The van der Waals surface area contributed by atoms with Crippen molar-refractivity contribution in [1.29, 1.82) is 0 Å². The molecule has 2 N–H and O–H groups in total. The first-order chi connectivity index (χ1) is 10.8. The van der Waals surface area contributed by atoms with E-state index in [0.29, 0.717) is 12.8 Å². The Balaban J connectivity index is 1.93. The molecule has 0 spiro atoms. The van der Waals surface area contributed by atoms with Crippen molar-refractivity contribution in [2.24, 2.45) is 5.92 Å². The van der Waals surface area contributed by atoms with Crippen LogP contribution in [0.2, 0.25) is 0 Å². The van der Waals surface area contributed by atoms with Gasteiger partial charge in [0.05, 0.1) is 15.2 Å². The second-order valence-corrected chi connectivity index (χ2v) is 7.84. The van der Waals surface area contributed by atoms with Crippen LogP contribution in [-0.4, -0.2) is 28.0 Å². The molecule has 0 aliphatic carbocycles. The number of aromatic nitrogens is 1. The Bertz CT molecular complexity index is 714. The molecule has 2 aromatic rings. The molecular formula is C16H19BrN2O3S. The van der Waals surface area contributed by atoms with Crippen molar-refractivity contribution in [2.75, 3.05) is 0 Å². The molecule has 124 valence electrons. The third-order valence-corrected chi connectivity index (χ3v) is 4.89. The van der Waals surface area contributed by atoms with Crippen LogP contribution in [0.15, 0.2) is 22.7 Å². The van der Waals surface area contributed by atoms with E-state index in [2.05, 4.69) is 26.2 Å². The average Bonchev–Trinajstić information content (AvgIpc) is 2.85. The van der Waals surface area contributed by atoms with Gasteiger partial charge in [0.15, 0.2) is 0 Å². The van der Waals surface area contributed by atoms with Crippen LogP contribution < -0.4 is 5.32 Å². The highest BCUT2D eigenvalue weighted by atomic mass is 79.9. The molecule has 7 heteroatoms. The summed E-state index contributed by atoms with van der Waals surface area (Å²) in [6.07, 6.45) is 1.18. The van der Waals surface area contributed by atoms with E-state index >= 15 is 0 Å². The van der Waals surface area contributed by atoms with Crippen molar-refractivity contribution in [1.82, 2.24) is 10.3 Å². The number of hydrogen-bond donors (Lipinski definition) is 2. The molecule has 1 atom stereocenters. The summed E-state index contributed by atoms with van der Waals surface area (Å²) in [4.78, 5) is 27.6. The number of nitrogens with zero attached hydrogens (tertiary/aromatic N) is 1. The van der Waals surface area contributed by atoms with Gasteiger partial charge in [-0.25, -0.2) is 9.78 Å². The van der Waals surface area contributed by atoms with Gasteiger partial charge in [-0.1, -0.05) is 29.8 Å². The molecule has 1 heterocycles. The molecule has 5 nitrogen and oxygen atoms in total. The topological polar surface area (TPSA) is 79.3 Å². The molecule has 1 aromatic carbocycles. The van der Waals surface area contributed by atoms with Gasteiger partial charge in [0.25, 0.3) is 0 Å². The number of rotatable bonds is 7. The first kappa shape index (κ1) is 17.9. The van der Waals surface area contributed by atoms with E-state index < -0.39 is 12.0 Å². The molecule has 0 aliphatic rings. The molecule has 0 bridgehead atoms. The van der Waals surface area contributed by atoms with Gasteiger partial charge in [0.1, 0.15) is 6.04 Å². The Morgan fingerprint density at radius 3 is 2.78 bits per heavy atom. The monoisotopic (exact) mass is 398 g/mol. The number of aryl methyl sites for hydroxylation is 1. The predicted octanol–water partition coefficient (Wildman–Crippen LogP) is 3.61. The molecule has 23 heavy (non-hydrogen) atoms. The maximum atomic E-state index is 12.0. The summed E-state index contributed by atoms with van der Waals surface area (Å²) >= 11 is 4.96. The minimum atomic E-state index is -0.989. The lowest BCUT2D eigenvalue weighted by molar-refractivity contribution is -0.142. The molecule has 0 fully saturated rings. The van der Waals surface area contributed by atoms with Crippen LogP contribution in [0.4, 0.5) is 0 Å². The quantitative estimate of drug-likeness (QED) is 0.746. The van der Waals surface area contributed by atoms with Crippen molar-refractivity contribution in [3.8, 4) is 0 Å². The van der Waals surface area contributed by atoms with Crippen LogP contribution in [-0.2, 0) is 16.0 Å². The van der Waals surface area contributed by atoms with E-state index in [9.17, 15) is 9.59 Å². The molecule has 0 radical (unpaired) electrons. The average molecular weight is 399 g/mol. The molecular weight excluding hydrogens is 380 g/mol. The SMILES string of the molecule is CC(C)C[C@@H](NC(=O)CCc1nc2cc(Br)ccc2s1)C(=O)O. The van der Waals surface area contributed by atoms with Gasteiger partial charge in [-0.2, -0.15) is 0 Å². The second-order valence-electron chi connectivity index (χ2n) is 5.81. The van der Waals surface area contributed by atoms with Gasteiger partial charge in [0, 0.05) is 17.3 Å². The number of amides is 1. The number of aliphatic carboxylic acids is 1. The number of fused-ring (bicyclic) bond motifs is 1. The second kappa shape index (κ2) is 7.88. The highest BCUT2D eigenvalue weighted by Gasteiger charge is 2.21. The summed E-state index contributed by atoms with van der Waals surface area (Å²) in [5.41, 5.74) is 0.906.